The molecule has 0 aliphatic rings. The first-order valence-electron chi connectivity index (χ1n) is 6.16. The van der Waals surface area contributed by atoms with Gasteiger partial charge < -0.3 is 14.4 Å². The third-order valence-corrected chi connectivity index (χ3v) is 2.73. The van der Waals surface area contributed by atoms with Crippen LogP contribution in [0.3, 0.4) is 0 Å². The highest BCUT2D eigenvalue weighted by atomic mass is 16.5. The minimum absolute atomic E-state index is 0.220. The van der Waals surface area contributed by atoms with Crippen molar-refractivity contribution >= 4 is 11.7 Å². The molecule has 0 spiro atoms. The predicted molar refractivity (Wildman–Crippen MR) is 72.3 cm³/mol. The summed E-state index contributed by atoms with van der Waals surface area (Å²) in [5.41, 5.74) is 2.12. The molecule has 0 aliphatic heterocycles. The quantitative estimate of drug-likeness (QED) is 0.727. The van der Waals surface area contributed by atoms with Gasteiger partial charge in [0.1, 0.15) is 12.3 Å². The molecule has 0 fully saturated rings. The van der Waals surface area contributed by atoms with E-state index in [9.17, 15) is 4.79 Å². The van der Waals surface area contributed by atoms with Crippen LogP contribution in [-0.2, 0) is 16.0 Å². The van der Waals surface area contributed by atoms with Crippen LogP contribution in [0.2, 0.25) is 0 Å². The van der Waals surface area contributed by atoms with Crippen molar-refractivity contribution in [2.75, 3.05) is 32.2 Å². The Balaban J connectivity index is 2.88. The molecule has 0 bridgehead atoms. The molecular weight excluding hydrogens is 230 g/mol. The summed E-state index contributed by atoms with van der Waals surface area (Å²) in [7, 11) is 3.48. The Labute approximate surface area is 108 Å². The number of anilines is 1. The van der Waals surface area contributed by atoms with Gasteiger partial charge in [0.25, 0.3) is 0 Å². The van der Waals surface area contributed by atoms with Crippen molar-refractivity contribution in [3.8, 4) is 5.75 Å². The largest absolute Gasteiger partial charge is 0.495 e. The van der Waals surface area contributed by atoms with Gasteiger partial charge in [0.2, 0.25) is 0 Å². The average Bonchev–Trinajstić information content (AvgIpc) is 2.38. The Bertz CT molecular complexity index is 404. The Kier molecular flexibility index (Phi) is 5.49. The zero-order chi connectivity index (χ0) is 13.5. The second-order valence-electron chi connectivity index (χ2n) is 4.02. The van der Waals surface area contributed by atoms with Crippen LogP contribution in [0.15, 0.2) is 18.2 Å². The van der Waals surface area contributed by atoms with E-state index in [0.29, 0.717) is 6.61 Å². The summed E-state index contributed by atoms with van der Waals surface area (Å²) in [6, 6.07) is 5.99. The van der Waals surface area contributed by atoms with Crippen molar-refractivity contribution in [1.29, 1.82) is 0 Å². The van der Waals surface area contributed by atoms with Crippen LogP contribution in [0.1, 0.15) is 19.4 Å². The van der Waals surface area contributed by atoms with E-state index in [-0.39, 0.29) is 12.5 Å². The van der Waals surface area contributed by atoms with Crippen molar-refractivity contribution < 1.29 is 14.3 Å². The molecule has 1 aromatic carbocycles. The number of rotatable bonds is 6. The smallest absolute Gasteiger partial charge is 0.325 e. The molecule has 1 rings (SSSR count). The van der Waals surface area contributed by atoms with Crippen LogP contribution in [0.5, 0.6) is 5.75 Å². The maximum atomic E-state index is 11.5. The number of likely N-dealkylation sites (N-methyl/N-ethyl adjacent to an activating group) is 1. The lowest BCUT2D eigenvalue weighted by atomic mass is 10.1. The van der Waals surface area contributed by atoms with Gasteiger partial charge in [-0.15, -0.1) is 0 Å². The SMILES string of the molecule is CCOC(=O)CN(C)c1cc(CC)ccc1OC. The van der Waals surface area contributed by atoms with Crippen LogP contribution in [0.4, 0.5) is 5.69 Å². The molecule has 0 unspecified atom stereocenters. The van der Waals surface area contributed by atoms with Crippen molar-refractivity contribution in [1.82, 2.24) is 0 Å². The number of benzene rings is 1. The standard InChI is InChI=1S/C14H21NO3/c1-5-11-7-8-13(17-4)12(9-11)15(3)10-14(16)18-6-2/h7-9H,5-6,10H2,1-4H3. The molecule has 0 aromatic heterocycles. The van der Waals surface area contributed by atoms with Gasteiger partial charge in [0, 0.05) is 7.05 Å². The number of methoxy groups -OCH3 is 1. The van der Waals surface area contributed by atoms with E-state index in [1.165, 1.54) is 5.56 Å². The minimum Gasteiger partial charge on any atom is -0.495 e. The summed E-state index contributed by atoms with van der Waals surface area (Å²) in [5.74, 6) is 0.531. The summed E-state index contributed by atoms with van der Waals surface area (Å²) in [6.45, 7) is 4.52. The van der Waals surface area contributed by atoms with Crippen molar-refractivity contribution in [2.45, 2.75) is 20.3 Å². The first-order chi connectivity index (χ1) is 8.62. The van der Waals surface area contributed by atoms with E-state index < -0.39 is 0 Å². The highest BCUT2D eigenvalue weighted by Crippen LogP contribution is 2.28. The maximum absolute atomic E-state index is 11.5. The van der Waals surface area contributed by atoms with Crippen molar-refractivity contribution in [3.63, 3.8) is 0 Å². The number of ether oxygens (including phenoxy) is 2. The molecule has 0 saturated heterocycles. The van der Waals surface area contributed by atoms with Gasteiger partial charge in [-0.2, -0.15) is 0 Å². The minimum atomic E-state index is -0.232. The molecule has 0 heterocycles. The summed E-state index contributed by atoms with van der Waals surface area (Å²) < 4.78 is 10.3. The summed E-state index contributed by atoms with van der Waals surface area (Å²) in [6.07, 6.45) is 0.949. The molecule has 100 valence electrons. The number of carbonyl (C=O) groups excluding carboxylic acids is 1. The second-order valence-corrected chi connectivity index (χ2v) is 4.02. The van der Waals surface area contributed by atoms with E-state index in [4.69, 9.17) is 9.47 Å². The van der Waals surface area contributed by atoms with Crippen LogP contribution < -0.4 is 9.64 Å². The fourth-order valence-corrected chi connectivity index (χ4v) is 1.74. The van der Waals surface area contributed by atoms with Gasteiger partial charge in [-0.05, 0) is 31.0 Å². The molecule has 0 N–H and O–H groups in total. The van der Waals surface area contributed by atoms with E-state index in [1.807, 2.05) is 30.1 Å². The molecule has 0 aliphatic carbocycles. The van der Waals surface area contributed by atoms with Gasteiger partial charge in [0.05, 0.1) is 19.4 Å². The van der Waals surface area contributed by atoms with Gasteiger partial charge in [0.15, 0.2) is 0 Å². The first-order valence-corrected chi connectivity index (χ1v) is 6.16. The molecule has 1 aromatic rings. The van der Waals surface area contributed by atoms with Crippen LogP contribution in [-0.4, -0.2) is 33.3 Å². The number of nitrogens with zero attached hydrogens (tertiary/aromatic N) is 1. The van der Waals surface area contributed by atoms with Gasteiger partial charge >= 0.3 is 5.97 Å². The lowest BCUT2D eigenvalue weighted by Crippen LogP contribution is -2.27. The Hall–Kier alpha value is -1.71. The van der Waals surface area contributed by atoms with Gasteiger partial charge in [-0.1, -0.05) is 13.0 Å². The molecular formula is C14H21NO3. The molecule has 0 atom stereocenters. The van der Waals surface area contributed by atoms with Crippen LogP contribution in [0.25, 0.3) is 0 Å². The molecule has 0 radical (unpaired) electrons. The fourth-order valence-electron chi connectivity index (χ4n) is 1.74. The Morgan fingerprint density at radius 2 is 2.06 bits per heavy atom. The zero-order valence-corrected chi connectivity index (χ0v) is 11.5. The normalized spacial score (nSPS) is 10.0. The number of aryl methyl sites for hydroxylation is 1. The zero-order valence-electron chi connectivity index (χ0n) is 11.5. The lowest BCUT2D eigenvalue weighted by Gasteiger charge is -2.21. The van der Waals surface area contributed by atoms with Crippen molar-refractivity contribution in [2.24, 2.45) is 0 Å². The Morgan fingerprint density at radius 3 is 2.61 bits per heavy atom. The van der Waals surface area contributed by atoms with Gasteiger partial charge in [-0.3, -0.25) is 4.79 Å². The molecule has 18 heavy (non-hydrogen) atoms. The van der Waals surface area contributed by atoms with Gasteiger partial charge in [-0.25, -0.2) is 0 Å². The van der Waals surface area contributed by atoms with E-state index in [0.717, 1.165) is 17.9 Å². The van der Waals surface area contributed by atoms with Crippen LogP contribution in [0, 0.1) is 0 Å². The topological polar surface area (TPSA) is 38.8 Å². The first kappa shape index (κ1) is 14.4. The lowest BCUT2D eigenvalue weighted by molar-refractivity contribution is -0.141. The van der Waals surface area contributed by atoms with E-state index in [1.54, 1.807) is 14.0 Å². The third kappa shape index (κ3) is 3.65. The number of carbonyl (C=O) groups is 1. The fraction of sp³-hybridized carbons (Fsp3) is 0.500. The van der Waals surface area contributed by atoms with E-state index in [2.05, 4.69) is 6.92 Å². The maximum Gasteiger partial charge on any atom is 0.325 e. The third-order valence-electron chi connectivity index (χ3n) is 2.73. The molecule has 0 saturated carbocycles. The van der Waals surface area contributed by atoms with Crippen LogP contribution >= 0.6 is 0 Å². The van der Waals surface area contributed by atoms with E-state index >= 15 is 0 Å². The monoisotopic (exact) mass is 251 g/mol. The Morgan fingerprint density at radius 1 is 1.33 bits per heavy atom. The molecule has 4 heteroatoms. The number of esters is 1. The molecule has 0 amide bonds. The summed E-state index contributed by atoms with van der Waals surface area (Å²) >= 11 is 0. The highest BCUT2D eigenvalue weighted by molar-refractivity contribution is 5.77. The summed E-state index contributed by atoms with van der Waals surface area (Å²) in [4.78, 5) is 13.3. The predicted octanol–water partition coefficient (Wildman–Crippen LogP) is 2.26. The number of hydrogen-bond acceptors (Lipinski definition) is 4. The van der Waals surface area contributed by atoms with Crippen molar-refractivity contribution in [3.05, 3.63) is 23.8 Å². The second kappa shape index (κ2) is 6.89. The molecule has 4 nitrogen and oxygen atoms in total. The average molecular weight is 251 g/mol. The number of hydrogen-bond donors (Lipinski definition) is 0. The highest BCUT2D eigenvalue weighted by Gasteiger charge is 2.13. The summed E-state index contributed by atoms with van der Waals surface area (Å²) in [5, 5.41) is 0.